The third-order valence-electron chi connectivity index (χ3n) is 3.96. The number of H-pyrrole nitrogens is 1. The minimum absolute atomic E-state index is 0.135. The highest BCUT2D eigenvalue weighted by molar-refractivity contribution is 7.13. The van der Waals surface area contributed by atoms with Crippen molar-refractivity contribution in [2.45, 2.75) is 6.42 Å². The Bertz CT molecular complexity index is 1100. The van der Waals surface area contributed by atoms with Crippen LogP contribution in [0.2, 0.25) is 0 Å². The number of carbonyl (C=O) groups excluding carboxylic acids is 1. The molecule has 0 fully saturated rings. The molecule has 130 valence electrons. The molecular formula is C19H13F2N3OS. The molecule has 0 aliphatic carbocycles. The van der Waals surface area contributed by atoms with Gasteiger partial charge >= 0.3 is 0 Å². The SMILES string of the molecule is O=C(Cc1ccc(F)cc1F)Nc1csc(-c2c[nH]c3ccccc23)n1. The summed E-state index contributed by atoms with van der Waals surface area (Å²) in [5, 5.41) is 6.20. The number of nitrogens with zero attached hydrogens (tertiary/aromatic N) is 1. The summed E-state index contributed by atoms with van der Waals surface area (Å²) in [5.41, 5.74) is 2.10. The molecule has 4 nitrogen and oxygen atoms in total. The second-order valence-corrected chi connectivity index (χ2v) is 6.60. The number of thiazole rings is 1. The number of hydrogen-bond donors (Lipinski definition) is 2. The number of aromatic nitrogens is 2. The number of anilines is 1. The van der Waals surface area contributed by atoms with Gasteiger partial charge in [-0.05, 0) is 17.7 Å². The highest BCUT2D eigenvalue weighted by atomic mass is 32.1. The summed E-state index contributed by atoms with van der Waals surface area (Å²) in [7, 11) is 0. The van der Waals surface area contributed by atoms with E-state index in [0.717, 1.165) is 33.6 Å². The maximum absolute atomic E-state index is 13.7. The first-order chi connectivity index (χ1) is 12.6. The molecule has 0 bridgehead atoms. The molecule has 2 aromatic carbocycles. The number of benzene rings is 2. The van der Waals surface area contributed by atoms with Gasteiger partial charge < -0.3 is 10.3 Å². The first-order valence-electron chi connectivity index (χ1n) is 7.86. The van der Waals surface area contributed by atoms with E-state index in [-0.39, 0.29) is 12.0 Å². The zero-order chi connectivity index (χ0) is 18.1. The van der Waals surface area contributed by atoms with Gasteiger partial charge in [0.2, 0.25) is 5.91 Å². The molecule has 2 N–H and O–H groups in total. The zero-order valence-corrected chi connectivity index (χ0v) is 14.2. The van der Waals surface area contributed by atoms with Gasteiger partial charge in [0.15, 0.2) is 0 Å². The molecule has 0 spiro atoms. The number of para-hydroxylation sites is 1. The van der Waals surface area contributed by atoms with Crippen molar-refractivity contribution in [3.8, 4) is 10.6 Å². The number of amides is 1. The van der Waals surface area contributed by atoms with E-state index < -0.39 is 17.5 Å². The molecule has 0 atom stereocenters. The van der Waals surface area contributed by atoms with Crippen molar-refractivity contribution in [2.75, 3.05) is 5.32 Å². The van der Waals surface area contributed by atoms with Crippen LogP contribution in [0.5, 0.6) is 0 Å². The van der Waals surface area contributed by atoms with Gasteiger partial charge in [-0.2, -0.15) is 0 Å². The lowest BCUT2D eigenvalue weighted by Crippen LogP contribution is -2.15. The van der Waals surface area contributed by atoms with Gasteiger partial charge in [0.05, 0.1) is 6.42 Å². The zero-order valence-electron chi connectivity index (χ0n) is 13.4. The number of aromatic amines is 1. The Balaban J connectivity index is 1.50. The number of carbonyl (C=O) groups is 1. The second kappa shape index (κ2) is 6.68. The van der Waals surface area contributed by atoms with Crippen molar-refractivity contribution in [2.24, 2.45) is 0 Å². The van der Waals surface area contributed by atoms with Gasteiger partial charge in [0.25, 0.3) is 0 Å². The van der Waals surface area contributed by atoms with E-state index in [4.69, 9.17) is 0 Å². The topological polar surface area (TPSA) is 57.8 Å². The van der Waals surface area contributed by atoms with Gasteiger partial charge in [0, 0.05) is 34.1 Å². The van der Waals surface area contributed by atoms with E-state index in [2.05, 4.69) is 15.3 Å². The molecule has 2 heterocycles. The largest absolute Gasteiger partial charge is 0.360 e. The Labute approximate surface area is 151 Å². The fraction of sp³-hybridized carbons (Fsp3) is 0.0526. The van der Waals surface area contributed by atoms with Crippen LogP contribution in [-0.4, -0.2) is 15.9 Å². The van der Waals surface area contributed by atoms with Crippen LogP contribution < -0.4 is 5.32 Å². The Kier molecular flexibility index (Phi) is 4.22. The molecule has 2 aromatic heterocycles. The van der Waals surface area contributed by atoms with Crippen LogP contribution in [0.1, 0.15) is 5.56 Å². The van der Waals surface area contributed by atoms with Gasteiger partial charge in [0.1, 0.15) is 22.5 Å². The minimum atomic E-state index is -0.738. The molecule has 0 unspecified atom stereocenters. The van der Waals surface area contributed by atoms with Crippen LogP contribution in [0.4, 0.5) is 14.6 Å². The number of halogens is 2. The van der Waals surface area contributed by atoms with E-state index >= 15 is 0 Å². The molecule has 1 amide bonds. The fourth-order valence-corrected chi connectivity index (χ4v) is 3.51. The summed E-state index contributed by atoms with van der Waals surface area (Å²) in [6, 6.07) is 11.0. The molecule has 7 heteroatoms. The lowest BCUT2D eigenvalue weighted by Gasteiger charge is -2.03. The average molecular weight is 369 g/mol. The minimum Gasteiger partial charge on any atom is -0.360 e. The van der Waals surface area contributed by atoms with Gasteiger partial charge in [-0.15, -0.1) is 11.3 Å². The summed E-state index contributed by atoms with van der Waals surface area (Å²) in [6.45, 7) is 0. The predicted molar refractivity (Wildman–Crippen MR) is 98.1 cm³/mol. The standard InChI is InChI=1S/C19H13F2N3OS/c20-12-6-5-11(15(21)8-12)7-18(25)23-17-10-26-19(24-17)14-9-22-16-4-2-1-3-13(14)16/h1-6,8-10,22H,7H2,(H,23,25). The summed E-state index contributed by atoms with van der Waals surface area (Å²) < 4.78 is 26.6. The van der Waals surface area contributed by atoms with Crippen LogP contribution in [-0.2, 0) is 11.2 Å². The van der Waals surface area contributed by atoms with Crippen molar-refractivity contribution in [1.29, 1.82) is 0 Å². The Morgan fingerprint density at radius 1 is 1.19 bits per heavy atom. The van der Waals surface area contributed by atoms with Gasteiger partial charge in [-0.1, -0.05) is 24.3 Å². The first kappa shape index (κ1) is 16.4. The van der Waals surface area contributed by atoms with Crippen LogP contribution >= 0.6 is 11.3 Å². The van der Waals surface area contributed by atoms with E-state index in [1.54, 1.807) is 5.38 Å². The molecule has 4 rings (SSSR count). The monoisotopic (exact) mass is 369 g/mol. The summed E-state index contributed by atoms with van der Waals surface area (Å²) in [4.78, 5) is 19.7. The first-order valence-corrected chi connectivity index (χ1v) is 8.74. The highest BCUT2D eigenvalue weighted by Crippen LogP contribution is 2.32. The highest BCUT2D eigenvalue weighted by Gasteiger charge is 2.13. The molecule has 0 saturated carbocycles. The molecular weight excluding hydrogens is 356 g/mol. The van der Waals surface area contributed by atoms with Crippen LogP contribution in [0.3, 0.4) is 0 Å². The number of hydrogen-bond acceptors (Lipinski definition) is 3. The van der Waals surface area contributed by atoms with E-state index in [1.165, 1.54) is 17.4 Å². The molecule has 0 saturated heterocycles. The van der Waals surface area contributed by atoms with Crippen molar-refractivity contribution < 1.29 is 13.6 Å². The Morgan fingerprint density at radius 2 is 2.04 bits per heavy atom. The van der Waals surface area contributed by atoms with Crippen molar-refractivity contribution >= 4 is 34.0 Å². The van der Waals surface area contributed by atoms with E-state index in [9.17, 15) is 13.6 Å². The normalized spacial score (nSPS) is 11.0. The second-order valence-electron chi connectivity index (χ2n) is 5.75. The number of rotatable bonds is 4. The van der Waals surface area contributed by atoms with Gasteiger partial charge in [-0.25, -0.2) is 13.8 Å². The summed E-state index contributed by atoms with van der Waals surface area (Å²) in [6.07, 6.45) is 1.69. The van der Waals surface area contributed by atoms with Crippen LogP contribution in [0, 0.1) is 11.6 Å². The summed E-state index contributed by atoms with van der Waals surface area (Å²) >= 11 is 1.41. The molecule has 0 aliphatic rings. The average Bonchev–Trinajstić information content (AvgIpc) is 3.24. The van der Waals surface area contributed by atoms with Crippen LogP contribution in [0.25, 0.3) is 21.5 Å². The lowest BCUT2D eigenvalue weighted by atomic mass is 10.1. The van der Waals surface area contributed by atoms with Crippen molar-refractivity contribution in [3.63, 3.8) is 0 Å². The van der Waals surface area contributed by atoms with E-state index in [0.29, 0.717) is 5.82 Å². The number of fused-ring (bicyclic) bond motifs is 1. The molecule has 0 radical (unpaired) electrons. The maximum Gasteiger partial charge on any atom is 0.230 e. The van der Waals surface area contributed by atoms with Crippen LogP contribution in [0.15, 0.2) is 54.0 Å². The fourth-order valence-electron chi connectivity index (χ4n) is 2.73. The predicted octanol–water partition coefficient (Wildman–Crippen LogP) is 4.75. The smallest absolute Gasteiger partial charge is 0.230 e. The number of nitrogens with one attached hydrogen (secondary N) is 2. The molecule has 0 aliphatic heterocycles. The maximum atomic E-state index is 13.7. The van der Waals surface area contributed by atoms with E-state index in [1.807, 2.05) is 30.5 Å². The molecule has 26 heavy (non-hydrogen) atoms. The van der Waals surface area contributed by atoms with Gasteiger partial charge in [-0.3, -0.25) is 4.79 Å². The quantitative estimate of drug-likeness (QED) is 0.545. The lowest BCUT2D eigenvalue weighted by molar-refractivity contribution is -0.115. The Morgan fingerprint density at radius 3 is 2.88 bits per heavy atom. The Hall–Kier alpha value is -3.06. The third-order valence-corrected chi connectivity index (χ3v) is 4.83. The van der Waals surface area contributed by atoms with Crippen molar-refractivity contribution in [3.05, 3.63) is 71.2 Å². The molecule has 4 aromatic rings. The van der Waals surface area contributed by atoms with Crippen molar-refractivity contribution in [1.82, 2.24) is 9.97 Å². The summed E-state index contributed by atoms with van der Waals surface area (Å²) in [5.74, 6) is -1.42. The third kappa shape index (κ3) is 3.21.